The van der Waals surface area contributed by atoms with Gasteiger partial charge in [-0.05, 0) is 41.9 Å². The van der Waals surface area contributed by atoms with Crippen molar-refractivity contribution < 1.29 is 0 Å². The van der Waals surface area contributed by atoms with Crippen molar-refractivity contribution in [3.05, 3.63) is 108 Å². The molecule has 0 heterocycles. The van der Waals surface area contributed by atoms with Gasteiger partial charge in [0.1, 0.15) is 0 Å². The first-order chi connectivity index (χ1) is 15.3. The lowest BCUT2D eigenvalue weighted by Crippen LogP contribution is -2.38. The zero-order valence-corrected chi connectivity index (χ0v) is 18.8. The van der Waals surface area contributed by atoms with E-state index in [4.69, 9.17) is 0 Å². The van der Waals surface area contributed by atoms with Crippen LogP contribution in [0.25, 0.3) is 0 Å². The van der Waals surface area contributed by atoms with Crippen LogP contribution >= 0.6 is 0 Å². The molecule has 0 spiro atoms. The lowest BCUT2D eigenvalue weighted by atomic mass is 10.0. The van der Waals surface area contributed by atoms with Crippen LogP contribution < -0.4 is 0 Å². The summed E-state index contributed by atoms with van der Waals surface area (Å²) in [5.41, 5.74) is 14.7. The molecule has 3 aromatic carbocycles. The summed E-state index contributed by atoms with van der Waals surface area (Å²) in [4.78, 5) is 0. The average Bonchev–Trinajstić information content (AvgIpc) is 2.86. The van der Waals surface area contributed by atoms with Gasteiger partial charge >= 0.3 is 0 Å². The summed E-state index contributed by atoms with van der Waals surface area (Å²) in [7, 11) is -2.53. The lowest BCUT2D eigenvalue weighted by Gasteiger charge is -2.29. The first kappa shape index (κ1) is 20.8. The minimum absolute atomic E-state index is 0.491. The molecular weight excluding hydrogens is 388 g/mol. The highest BCUT2D eigenvalue weighted by Gasteiger charge is 2.39. The predicted molar refractivity (Wildman–Crippen MR) is 133 cm³/mol. The fourth-order valence-corrected chi connectivity index (χ4v) is 7.11. The fraction of sp³-hybridized carbons (Fsp3) is 0.200. The van der Waals surface area contributed by atoms with E-state index in [1.54, 1.807) is 0 Å². The molecule has 1 fully saturated rings. The maximum atomic E-state index is 3.70. The molecule has 1 heteroatoms. The molecule has 4 rings (SSSR count). The number of hydrogen-bond donors (Lipinski definition) is 0. The second kappa shape index (κ2) is 10.5. The maximum Gasteiger partial charge on any atom is 0.295 e. The van der Waals surface area contributed by atoms with Gasteiger partial charge in [0, 0.05) is 16.7 Å². The smallest absolute Gasteiger partial charge is 0.0950 e. The topological polar surface area (TPSA) is 0 Å². The van der Waals surface area contributed by atoms with Gasteiger partial charge in [0.2, 0.25) is 0 Å². The lowest BCUT2D eigenvalue weighted by molar-refractivity contribution is 0.497. The Kier molecular flexibility index (Phi) is 7.08. The Bertz CT molecular complexity index is 1010. The predicted octanol–water partition coefficient (Wildman–Crippen LogP) is 6.54. The van der Waals surface area contributed by atoms with Crippen molar-refractivity contribution >= 4 is 8.07 Å². The van der Waals surface area contributed by atoms with Crippen molar-refractivity contribution in [2.75, 3.05) is 0 Å². The van der Waals surface area contributed by atoms with E-state index in [0.29, 0.717) is 5.54 Å². The molecule has 150 valence electrons. The summed E-state index contributed by atoms with van der Waals surface area (Å²) in [6.07, 6.45) is 6.19. The highest BCUT2D eigenvalue weighted by Crippen LogP contribution is 2.36. The van der Waals surface area contributed by atoms with Crippen molar-refractivity contribution in [2.24, 2.45) is 0 Å². The van der Waals surface area contributed by atoms with Crippen LogP contribution in [0.4, 0.5) is 0 Å². The van der Waals surface area contributed by atoms with E-state index < -0.39 is 8.07 Å². The Morgan fingerprint density at radius 3 is 1.19 bits per heavy atom. The van der Waals surface area contributed by atoms with Gasteiger partial charge in [0.15, 0.2) is 0 Å². The van der Waals surface area contributed by atoms with E-state index in [1.807, 2.05) is 54.6 Å². The zero-order valence-electron chi connectivity index (χ0n) is 17.8. The molecule has 0 aliphatic heterocycles. The molecule has 31 heavy (non-hydrogen) atoms. The highest BCUT2D eigenvalue weighted by molar-refractivity contribution is 7.01. The standard InChI is InChI=1S/C30H26Si/c1-5-13-27(14-6-1)21-24-31(30-19-11-4-12-20-30,25-22-28-15-7-2-8-16-28)26-23-29-17-9-3-10-18-29/h1-3,5-10,13-18,30H,4,11-12,19-20H2. The van der Waals surface area contributed by atoms with Crippen LogP contribution in [0.1, 0.15) is 48.8 Å². The minimum atomic E-state index is -2.53. The van der Waals surface area contributed by atoms with Gasteiger partial charge in [-0.15, -0.1) is 0 Å². The Hall–Kier alpha value is -3.44. The summed E-state index contributed by atoms with van der Waals surface area (Å²) in [6, 6.07) is 30.8. The molecule has 0 aromatic heterocycles. The molecule has 0 bridgehead atoms. The van der Waals surface area contributed by atoms with E-state index in [9.17, 15) is 0 Å². The quantitative estimate of drug-likeness (QED) is 0.313. The third-order valence-corrected chi connectivity index (χ3v) is 9.11. The highest BCUT2D eigenvalue weighted by atomic mass is 28.3. The second-order valence-corrected chi connectivity index (χ2v) is 11.2. The molecule has 3 aromatic rings. The summed E-state index contributed by atoms with van der Waals surface area (Å²) in [5.74, 6) is 10.4. The number of hydrogen-bond acceptors (Lipinski definition) is 0. The van der Waals surface area contributed by atoms with Gasteiger partial charge in [0.25, 0.3) is 8.07 Å². The molecule has 1 aliphatic rings. The summed E-state index contributed by atoms with van der Waals surface area (Å²) in [5, 5.41) is 0. The third kappa shape index (κ3) is 5.80. The van der Waals surface area contributed by atoms with E-state index in [-0.39, 0.29) is 0 Å². The molecule has 0 unspecified atom stereocenters. The summed E-state index contributed by atoms with van der Waals surface area (Å²) >= 11 is 0. The van der Waals surface area contributed by atoms with Crippen LogP contribution in [0.5, 0.6) is 0 Å². The Labute approximate surface area is 187 Å². The van der Waals surface area contributed by atoms with Gasteiger partial charge < -0.3 is 0 Å². The maximum absolute atomic E-state index is 3.70. The van der Waals surface area contributed by atoms with E-state index in [0.717, 1.165) is 16.7 Å². The fourth-order valence-electron chi connectivity index (χ4n) is 4.01. The van der Waals surface area contributed by atoms with E-state index in [2.05, 4.69) is 70.8 Å². The van der Waals surface area contributed by atoms with Gasteiger partial charge in [-0.25, -0.2) is 0 Å². The molecule has 1 aliphatic carbocycles. The van der Waals surface area contributed by atoms with Crippen LogP contribution in [0.15, 0.2) is 91.0 Å². The molecule has 0 saturated heterocycles. The third-order valence-electron chi connectivity index (χ3n) is 5.75. The van der Waals surface area contributed by atoms with Crippen molar-refractivity contribution in [1.29, 1.82) is 0 Å². The zero-order chi connectivity index (χ0) is 21.2. The Balaban J connectivity index is 1.84. The minimum Gasteiger partial charge on any atom is -0.0950 e. The number of benzene rings is 3. The van der Waals surface area contributed by atoms with Crippen LogP contribution in [-0.4, -0.2) is 8.07 Å². The summed E-state index contributed by atoms with van der Waals surface area (Å²) in [6.45, 7) is 0. The van der Waals surface area contributed by atoms with Crippen molar-refractivity contribution in [3.63, 3.8) is 0 Å². The van der Waals surface area contributed by atoms with Crippen LogP contribution in [-0.2, 0) is 0 Å². The van der Waals surface area contributed by atoms with Gasteiger partial charge in [0.05, 0.1) is 0 Å². The van der Waals surface area contributed by atoms with Crippen molar-refractivity contribution in [2.45, 2.75) is 37.6 Å². The van der Waals surface area contributed by atoms with E-state index >= 15 is 0 Å². The normalized spacial score (nSPS) is 13.5. The Morgan fingerprint density at radius 1 is 0.484 bits per heavy atom. The monoisotopic (exact) mass is 414 g/mol. The molecule has 1 saturated carbocycles. The molecule has 0 nitrogen and oxygen atoms in total. The second-order valence-electron chi connectivity index (χ2n) is 7.99. The summed E-state index contributed by atoms with van der Waals surface area (Å²) < 4.78 is 0. The van der Waals surface area contributed by atoms with Gasteiger partial charge in [-0.2, -0.15) is 0 Å². The molecule has 0 atom stereocenters. The largest absolute Gasteiger partial charge is 0.295 e. The van der Waals surface area contributed by atoms with Gasteiger partial charge in [-0.3, -0.25) is 0 Å². The first-order valence-corrected chi connectivity index (χ1v) is 13.2. The van der Waals surface area contributed by atoms with Crippen LogP contribution in [0.3, 0.4) is 0 Å². The van der Waals surface area contributed by atoms with Gasteiger partial charge in [-0.1, -0.05) is 121 Å². The molecule has 0 amide bonds. The van der Waals surface area contributed by atoms with Crippen molar-refractivity contribution in [3.8, 4) is 34.4 Å². The van der Waals surface area contributed by atoms with Crippen molar-refractivity contribution in [1.82, 2.24) is 0 Å². The molecule has 0 radical (unpaired) electrons. The van der Waals surface area contributed by atoms with Crippen LogP contribution in [0, 0.1) is 34.4 Å². The average molecular weight is 415 g/mol. The van der Waals surface area contributed by atoms with Crippen LogP contribution in [0.2, 0.25) is 5.54 Å². The first-order valence-electron chi connectivity index (χ1n) is 11.1. The SMILES string of the molecule is C(#C[Si](C#Cc1ccccc1)(C#Cc1ccccc1)C1CCCCC1)c1ccccc1. The Morgan fingerprint density at radius 2 is 0.839 bits per heavy atom. The molecule has 0 N–H and O–H groups in total. The molecular formula is C30H26Si. The number of rotatable bonds is 1. The van der Waals surface area contributed by atoms with E-state index in [1.165, 1.54) is 32.1 Å².